The highest BCUT2D eigenvalue weighted by Gasteiger charge is 2.24. The molecule has 1 N–H and O–H groups in total. The minimum absolute atomic E-state index is 0.130. The third-order valence-electron chi connectivity index (χ3n) is 1.22. The van der Waals surface area contributed by atoms with Crippen LogP contribution in [0.5, 0.6) is 11.5 Å². The van der Waals surface area contributed by atoms with Gasteiger partial charge in [-0.1, -0.05) is 0 Å². The zero-order valence-electron chi connectivity index (χ0n) is 5.70. The van der Waals surface area contributed by atoms with Crippen LogP contribution in [0.3, 0.4) is 0 Å². The van der Waals surface area contributed by atoms with Crippen LogP contribution >= 0.6 is 0 Å². The Bertz CT molecular complexity index is 311. The van der Waals surface area contributed by atoms with E-state index in [2.05, 4.69) is 19.2 Å². The second-order valence-electron chi connectivity index (χ2n) is 1.99. The maximum atomic E-state index is 10.6. The topological polar surface area (TPSA) is 77.6 Å². The Kier molecular flexibility index (Phi) is 1.26. The zero-order valence-corrected chi connectivity index (χ0v) is 5.70. The van der Waals surface area contributed by atoms with Crippen LogP contribution in [-0.4, -0.2) is 17.3 Å². The van der Waals surface area contributed by atoms with Crippen LogP contribution in [0.2, 0.25) is 0 Å². The van der Waals surface area contributed by atoms with Crippen molar-refractivity contribution in [2.75, 3.05) is 0 Å². The standard InChI is InChI=1S/C6H3NO5/c8-5-10-3-1-7-2-4(3)11-6(9)12-5/h1-2,7H. The van der Waals surface area contributed by atoms with E-state index < -0.39 is 12.3 Å². The number of carbonyl (C=O) groups excluding carboxylic acids is 2. The number of aromatic amines is 1. The highest BCUT2D eigenvalue weighted by molar-refractivity contribution is 5.82. The van der Waals surface area contributed by atoms with Gasteiger partial charge in [0.05, 0.1) is 0 Å². The Morgan fingerprint density at radius 2 is 1.42 bits per heavy atom. The molecule has 1 aliphatic heterocycles. The molecule has 2 rings (SSSR count). The molecule has 0 amide bonds. The molecule has 0 saturated carbocycles. The fraction of sp³-hybridized carbons (Fsp3) is 0. The molecule has 1 aromatic rings. The summed E-state index contributed by atoms with van der Waals surface area (Å²) in [7, 11) is 0. The van der Waals surface area contributed by atoms with Crippen LogP contribution in [0.1, 0.15) is 0 Å². The molecule has 62 valence electrons. The fourth-order valence-corrected chi connectivity index (χ4v) is 0.784. The van der Waals surface area contributed by atoms with Gasteiger partial charge in [-0.3, -0.25) is 0 Å². The van der Waals surface area contributed by atoms with Gasteiger partial charge in [0.15, 0.2) is 11.5 Å². The molecular formula is C6H3NO5. The van der Waals surface area contributed by atoms with Gasteiger partial charge in [-0.25, -0.2) is 9.59 Å². The minimum Gasteiger partial charge on any atom is -0.389 e. The number of rotatable bonds is 0. The molecule has 1 aromatic heterocycles. The van der Waals surface area contributed by atoms with Gasteiger partial charge in [0.1, 0.15) is 0 Å². The predicted molar refractivity (Wildman–Crippen MR) is 33.9 cm³/mol. The van der Waals surface area contributed by atoms with Crippen molar-refractivity contribution in [2.45, 2.75) is 0 Å². The number of aromatic nitrogens is 1. The van der Waals surface area contributed by atoms with Gasteiger partial charge in [0.25, 0.3) is 0 Å². The third-order valence-corrected chi connectivity index (χ3v) is 1.22. The first kappa shape index (κ1) is 6.71. The molecule has 0 aromatic carbocycles. The number of ether oxygens (including phenoxy) is 3. The van der Waals surface area contributed by atoms with Crippen molar-refractivity contribution in [3.8, 4) is 11.5 Å². The molecule has 0 atom stereocenters. The van der Waals surface area contributed by atoms with Gasteiger partial charge >= 0.3 is 12.3 Å². The van der Waals surface area contributed by atoms with Crippen LogP contribution < -0.4 is 9.47 Å². The molecule has 2 heterocycles. The lowest BCUT2D eigenvalue weighted by Crippen LogP contribution is -2.14. The smallest absolute Gasteiger partial charge is 0.389 e. The molecule has 0 unspecified atom stereocenters. The summed E-state index contributed by atoms with van der Waals surface area (Å²) in [5.41, 5.74) is 0. The van der Waals surface area contributed by atoms with E-state index in [0.29, 0.717) is 0 Å². The van der Waals surface area contributed by atoms with Gasteiger partial charge in [0.2, 0.25) is 0 Å². The van der Waals surface area contributed by atoms with Gasteiger partial charge in [0, 0.05) is 12.4 Å². The van der Waals surface area contributed by atoms with Crippen molar-refractivity contribution in [3.05, 3.63) is 12.4 Å². The summed E-state index contributed by atoms with van der Waals surface area (Å²) < 4.78 is 13.1. The van der Waals surface area contributed by atoms with Gasteiger partial charge < -0.3 is 19.2 Å². The number of hydrogen-bond donors (Lipinski definition) is 1. The molecular weight excluding hydrogens is 166 g/mol. The SMILES string of the molecule is O=C1OC(=O)Oc2c[nH]cc2O1. The molecule has 6 nitrogen and oxygen atoms in total. The van der Waals surface area contributed by atoms with Crippen molar-refractivity contribution in [1.29, 1.82) is 0 Å². The summed E-state index contributed by atoms with van der Waals surface area (Å²) in [5.74, 6) is 0.261. The largest absolute Gasteiger partial charge is 0.524 e. The van der Waals surface area contributed by atoms with E-state index in [1.807, 2.05) is 0 Å². The average molecular weight is 169 g/mol. The van der Waals surface area contributed by atoms with E-state index in [1.165, 1.54) is 12.4 Å². The lowest BCUT2D eigenvalue weighted by molar-refractivity contribution is 0.0995. The van der Waals surface area contributed by atoms with Crippen molar-refractivity contribution in [3.63, 3.8) is 0 Å². The number of carbonyl (C=O) groups is 2. The van der Waals surface area contributed by atoms with Crippen LogP contribution in [0.25, 0.3) is 0 Å². The maximum Gasteiger partial charge on any atom is 0.524 e. The molecule has 0 spiro atoms. The Morgan fingerprint density at radius 3 is 1.92 bits per heavy atom. The minimum atomic E-state index is -1.10. The van der Waals surface area contributed by atoms with E-state index in [9.17, 15) is 9.59 Å². The average Bonchev–Trinajstić information content (AvgIpc) is 2.31. The molecule has 12 heavy (non-hydrogen) atoms. The maximum absolute atomic E-state index is 10.6. The first-order valence-electron chi connectivity index (χ1n) is 3.04. The van der Waals surface area contributed by atoms with E-state index in [1.54, 1.807) is 0 Å². The monoisotopic (exact) mass is 169 g/mol. The summed E-state index contributed by atoms with van der Waals surface area (Å²) >= 11 is 0. The predicted octanol–water partition coefficient (Wildman–Crippen LogP) is 1.04. The van der Waals surface area contributed by atoms with Crippen LogP contribution in [0.4, 0.5) is 9.59 Å². The number of hydrogen-bond acceptors (Lipinski definition) is 5. The lowest BCUT2D eigenvalue weighted by Gasteiger charge is -1.92. The first-order chi connectivity index (χ1) is 5.75. The van der Waals surface area contributed by atoms with E-state index in [4.69, 9.17) is 0 Å². The highest BCUT2D eigenvalue weighted by atomic mass is 16.8. The van der Waals surface area contributed by atoms with Crippen molar-refractivity contribution >= 4 is 12.3 Å². The van der Waals surface area contributed by atoms with Gasteiger partial charge in [-0.05, 0) is 0 Å². The summed E-state index contributed by atoms with van der Waals surface area (Å²) in [6.45, 7) is 0. The summed E-state index contributed by atoms with van der Waals surface area (Å²) in [4.78, 5) is 23.8. The van der Waals surface area contributed by atoms with Crippen LogP contribution in [0, 0.1) is 0 Å². The van der Waals surface area contributed by atoms with E-state index in [0.717, 1.165) is 0 Å². The molecule has 0 bridgehead atoms. The number of H-pyrrole nitrogens is 1. The zero-order chi connectivity index (χ0) is 8.55. The molecule has 0 aliphatic carbocycles. The van der Waals surface area contributed by atoms with Crippen molar-refractivity contribution in [2.24, 2.45) is 0 Å². The molecule has 1 aliphatic rings. The van der Waals surface area contributed by atoms with Crippen molar-refractivity contribution < 1.29 is 23.8 Å². The lowest BCUT2D eigenvalue weighted by atomic mass is 10.5. The molecule has 0 saturated heterocycles. The Balaban J connectivity index is 2.39. The number of nitrogens with one attached hydrogen (secondary N) is 1. The first-order valence-corrected chi connectivity index (χ1v) is 3.04. The van der Waals surface area contributed by atoms with Gasteiger partial charge in [-0.2, -0.15) is 0 Å². The highest BCUT2D eigenvalue weighted by Crippen LogP contribution is 2.28. The van der Waals surface area contributed by atoms with E-state index in [-0.39, 0.29) is 11.5 Å². The molecule has 0 radical (unpaired) electrons. The summed E-state index contributed by atoms with van der Waals surface area (Å²) in [5, 5.41) is 0. The van der Waals surface area contributed by atoms with Crippen LogP contribution in [-0.2, 0) is 4.74 Å². The summed E-state index contributed by atoms with van der Waals surface area (Å²) in [6, 6.07) is 0. The van der Waals surface area contributed by atoms with Gasteiger partial charge in [-0.15, -0.1) is 0 Å². The Labute approximate surface area is 66.0 Å². The molecule has 0 fully saturated rings. The Hall–Kier alpha value is -1.98. The summed E-state index contributed by atoms with van der Waals surface area (Å²) in [6.07, 6.45) is 0.543. The molecule has 6 heteroatoms. The fourth-order valence-electron chi connectivity index (χ4n) is 0.784. The van der Waals surface area contributed by atoms with Crippen LogP contribution in [0.15, 0.2) is 12.4 Å². The second kappa shape index (κ2) is 2.26. The Morgan fingerprint density at radius 1 is 0.917 bits per heavy atom. The normalized spacial score (nSPS) is 15.3. The van der Waals surface area contributed by atoms with Crippen molar-refractivity contribution in [1.82, 2.24) is 4.98 Å². The third kappa shape index (κ3) is 0.986. The number of fused-ring (bicyclic) bond motifs is 1. The number of cyclic esters (lactones) is 2. The quantitative estimate of drug-likeness (QED) is 0.463. The van der Waals surface area contributed by atoms with E-state index >= 15 is 0 Å². The second-order valence-corrected chi connectivity index (χ2v) is 1.99.